The van der Waals surface area contributed by atoms with Crippen LogP contribution in [0.3, 0.4) is 0 Å². The third-order valence-corrected chi connectivity index (χ3v) is 4.96. The van der Waals surface area contributed by atoms with Crippen LogP contribution < -0.4 is 0 Å². The van der Waals surface area contributed by atoms with Crippen molar-refractivity contribution in [1.29, 1.82) is 0 Å². The molecule has 3 aromatic rings. The molecular weight excluding hydrogens is 307 g/mol. The van der Waals surface area contributed by atoms with E-state index in [0.29, 0.717) is 18.1 Å². The lowest BCUT2D eigenvalue weighted by Crippen LogP contribution is -2.36. The highest BCUT2D eigenvalue weighted by molar-refractivity contribution is 5.35. The maximum absolute atomic E-state index is 13.2. The zero-order chi connectivity index (χ0) is 16.7. The van der Waals surface area contributed by atoms with Crippen molar-refractivity contribution in [1.82, 2.24) is 19.9 Å². The fraction of sp³-hybridized carbons (Fsp3) is 0.389. The number of hydrogen-bond donors (Lipinski definition) is 0. The van der Waals surface area contributed by atoms with Crippen molar-refractivity contribution in [3.05, 3.63) is 64.8 Å². The molecule has 0 unspecified atom stereocenters. The maximum Gasteiger partial charge on any atom is 0.231 e. The molecule has 0 aliphatic heterocycles. The Labute approximate surface area is 139 Å². The van der Waals surface area contributed by atoms with E-state index in [0.717, 1.165) is 36.1 Å². The summed E-state index contributed by atoms with van der Waals surface area (Å²) in [6.07, 6.45) is 5.58. The summed E-state index contributed by atoms with van der Waals surface area (Å²) in [6.45, 7) is 1.97. The summed E-state index contributed by atoms with van der Waals surface area (Å²) in [7, 11) is 1.90. The van der Waals surface area contributed by atoms with E-state index in [1.54, 1.807) is 4.68 Å². The fourth-order valence-electron chi connectivity index (χ4n) is 3.45. The van der Waals surface area contributed by atoms with Crippen LogP contribution in [0.25, 0.3) is 0 Å². The molecule has 6 heteroatoms. The SMILES string of the molecule is Cc1nn(C)cc1Cc1nc(C2(c3ccc(F)cc3)CCC2)no1. The lowest BCUT2D eigenvalue weighted by molar-refractivity contribution is 0.271. The van der Waals surface area contributed by atoms with Gasteiger partial charge >= 0.3 is 0 Å². The molecule has 0 amide bonds. The third-order valence-electron chi connectivity index (χ3n) is 4.96. The van der Waals surface area contributed by atoms with Crippen LogP contribution in [0.15, 0.2) is 35.0 Å². The average molecular weight is 326 g/mol. The van der Waals surface area contributed by atoms with Crippen LogP contribution in [-0.2, 0) is 18.9 Å². The molecule has 1 aliphatic carbocycles. The molecule has 0 N–H and O–H groups in total. The van der Waals surface area contributed by atoms with Crippen LogP contribution in [0.2, 0.25) is 0 Å². The largest absolute Gasteiger partial charge is 0.339 e. The van der Waals surface area contributed by atoms with E-state index in [9.17, 15) is 4.39 Å². The first kappa shape index (κ1) is 15.1. The number of rotatable bonds is 4. The Hall–Kier alpha value is -2.50. The lowest BCUT2D eigenvalue weighted by Gasteiger charge is -2.39. The standard InChI is InChI=1S/C18H19FN4O/c1-12-13(11-23(2)21-12)10-16-20-17(22-24-16)18(8-3-9-18)14-4-6-15(19)7-5-14/h4-7,11H,3,8-10H2,1-2H3. The van der Waals surface area contributed by atoms with Crippen molar-refractivity contribution < 1.29 is 8.91 Å². The van der Waals surface area contributed by atoms with Gasteiger partial charge in [0.15, 0.2) is 5.82 Å². The van der Waals surface area contributed by atoms with E-state index in [1.165, 1.54) is 12.1 Å². The van der Waals surface area contributed by atoms with Crippen LogP contribution in [0.5, 0.6) is 0 Å². The van der Waals surface area contributed by atoms with Gasteiger partial charge in [0.1, 0.15) is 5.82 Å². The van der Waals surface area contributed by atoms with E-state index in [2.05, 4.69) is 15.2 Å². The van der Waals surface area contributed by atoms with Crippen molar-refractivity contribution in [2.24, 2.45) is 7.05 Å². The van der Waals surface area contributed by atoms with Gasteiger partial charge in [-0.25, -0.2) is 4.39 Å². The summed E-state index contributed by atoms with van der Waals surface area (Å²) in [5, 5.41) is 8.57. The average Bonchev–Trinajstić information content (AvgIpc) is 3.08. The minimum absolute atomic E-state index is 0.228. The van der Waals surface area contributed by atoms with Gasteiger partial charge in [-0.15, -0.1) is 0 Å². The highest BCUT2D eigenvalue weighted by atomic mass is 19.1. The predicted molar refractivity (Wildman–Crippen MR) is 86.1 cm³/mol. The van der Waals surface area contributed by atoms with Crippen molar-refractivity contribution in [2.45, 2.75) is 38.0 Å². The number of aromatic nitrogens is 4. The first-order valence-corrected chi connectivity index (χ1v) is 8.15. The molecule has 2 aromatic heterocycles. The van der Waals surface area contributed by atoms with E-state index >= 15 is 0 Å². The van der Waals surface area contributed by atoms with Gasteiger partial charge in [-0.1, -0.05) is 23.7 Å². The van der Waals surface area contributed by atoms with Gasteiger partial charge in [0, 0.05) is 18.8 Å². The van der Waals surface area contributed by atoms with Crippen molar-refractivity contribution in [2.75, 3.05) is 0 Å². The van der Waals surface area contributed by atoms with Crippen molar-refractivity contribution in [3.63, 3.8) is 0 Å². The Balaban J connectivity index is 1.63. The van der Waals surface area contributed by atoms with Gasteiger partial charge in [0.05, 0.1) is 17.5 Å². The van der Waals surface area contributed by atoms with E-state index in [4.69, 9.17) is 4.52 Å². The topological polar surface area (TPSA) is 56.7 Å². The summed E-state index contributed by atoms with van der Waals surface area (Å²) >= 11 is 0. The number of nitrogens with zero attached hydrogens (tertiary/aromatic N) is 4. The Morgan fingerprint density at radius 2 is 2.00 bits per heavy atom. The first-order chi connectivity index (χ1) is 11.6. The summed E-state index contributed by atoms with van der Waals surface area (Å²) in [5.74, 6) is 1.07. The van der Waals surface area contributed by atoms with E-state index < -0.39 is 0 Å². The molecule has 1 aromatic carbocycles. The summed E-state index contributed by atoms with van der Waals surface area (Å²) in [6, 6.07) is 6.65. The van der Waals surface area contributed by atoms with Gasteiger partial charge in [0.25, 0.3) is 0 Å². The summed E-state index contributed by atoms with van der Waals surface area (Å²) in [4.78, 5) is 4.64. The predicted octanol–water partition coefficient (Wildman–Crippen LogP) is 3.31. The molecule has 0 radical (unpaired) electrons. The van der Waals surface area contributed by atoms with Gasteiger partial charge in [0.2, 0.25) is 5.89 Å². The molecule has 0 bridgehead atoms. The van der Waals surface area contributed by atoms with Crippen molar-refractivity contribution >= 4 is 0 Å². The van der Waals surface area contributed by atoms with Crippen LogP contribution in [0.4, 0.5) is 4.39 Å². The summed E-state index contributed by atoms with van der Waals surface area (Å²) < 4.78 is 20.5. The minimum Gasteiger partial charge on any atom is -0.339 e. The van der Waals surface area contributed by atoms with Gasteiger partial charge in [-0.3, -0.25) is 4.68 Å². The number of benzene rings is 1. The first-order valence-electron chi connectivity index (χ1n) is 8.15. The highest BCUT2D eigenvalue weighted by Crippen LogP contribution is 2.47. The lowest BCUT2D eigenvalue weighted by atomic mass is 9.64. The molecule has 124 valence electrons. The number of hydrogen-bond acceptors (Lipinski definition) is 4. The van der Waals surface area contributed by atoms with Crippen molar-refractivity contribution in [3.8, 4) is 0 Å². The molecule has 1 fully saturated rings. The smallest absolute Gasteiger partial charge is 0.231 e. The second-order valence-electron chi connectivity index (χ2n) is 6.54. The second-order valence-corrected chi connectivity index (χ2v) is 6.54. The highest BCUT2D eigenvalue weighted by Gasteiger charge is 2.44. The van der Waals surface area contributed by atoms with Gasteiger partial charge in [-0.05, 0) is 37.5 Å². The fourth-order valence-corrected chi connectivity index (χ4v) is 3.45. The molecule has 2 heterocycles. The van der Waals surface area contributed by atoms with Crippen LogP contribution in [0, 0.1) is 12.7 Å². The monoisotopic (exact) mass is 326 g/mol. The molecule has 0 atom stereocenters. The zero-order valence-electron chi connectivity index (χ0n) is 13.8. The Kier molecular flexibility index (Phi) is 3.48. The minimum atomic E-state index is -0.237. The molecular formula is C18H19FN4O. The quantitative estimate of drug-likeness (QED) is 0.738. The molecule has 0 spiro atoms. The zero-order valence-corrected chi connectivity index (χ0v) is 13.8. The maximum atomic E-state index is 13.2. The Bertz CT molecular complexity index is 862. The Morgan fingerprint density at radius 3 is 2.58 bits per heavy atom. The Morgan fingerprint density at radius 1 is 1.25 bits per heavy atom. The summed E-state index contributed by atoms with van der Waals surface area (Å²) in [5.41, 5.74) is 2.87. The molecule has 24 heavy (non-hydrogen) atoms. The van der Waals surface area contributed by atoms with Gasteiger partial charge in [-0.2, -0.15) is 10.1 Å². The molecule has 4 rings (SSSR count). The van der Waals surface area contributed by atoms with E-state index in [-0.39, 0.29) is 11.2 Å². The number of aryl methyl sites for hydroxylation is 2. The van der Waals surface area contributed by atoms with E-state index in [1.807, 2.05) is 32.3 Å². The van der Waals surface area contributed by atoms with Gasteiger partial charge < -0.3 is 4.52 Å². The molecule has 0 saturated heterocycles. The molecule has 1 aliphatic rings. The second kappa shape index (κ2) is 5.54. The normalized spacial score (nSPS) is 16.1. The van der Waals surface area contributed by atoms with Crippen LogP contribution in [0.1, 0.15) is 47.8 Å². The molecule has 1 saturated carbocycles. The third kappa shape index (κ3) is 2.42. The van der Waals surface area contributed by atoms with Crippen LogP contribution in [-0.4, -0.2) is 19.9 Å². The molecule has 5 nitrogen and oxygen atoms in total. The number of halogens is 1. The van der Waals surface area contributed by atoms with Crippen LogP contribution >= 0.6 is 0 Å².